The number of carbonyl (C=O) groups excluding carboxylic acids is 1. The Hall–Kier alpha value is -2.98. The van der Waals surface area contributed by atoms with Gasteiger partial charge in [-0.05, 0) is 80.4 Å². The van der Waals surface area contributed by atoms with Gasteiger partial charge in [-0.3, -0.25) is 4.79 Å². The summed E-state index contributed by atoms with van der Waals surface area (Å²) in [6.07, 6.45) is 0. The Bertz CT molecular complexity index is 1020. The van der Waals surface area contributed by atoms with Crippen LogP contribution < -0.4 is 14.8 Å². The van der Waals surface area contributed by atoms with Crippen LogP contribution in [0.1, 0.15) is 34.0 Å². The molecule has 0 unspecified atom stereocenters. The summed E-state index contributed by atoms with van der Waals surface area (Å²) < 4.78 is 11.5. The zero-order valence-electron chi connectivity index (χ0n) is 16.8. The van der Waals surface area contributed by atoms with Gasteiger partial charge in [-0.1, -0.05) is 23.7 Å². The molecule has 0 radical (unpaired) electrons. The molecule has 1 N–H and O–H groups in total. The van der Waals surface area contributed by atoms with E-state index in [1.807, 2.05) is 51.1 Å². The number of aryl methyl sites for hydroxylation is 2. The third kappa shape index (κ3) is 5.52. The second kappa shape index (κ2) is 9.48. The van der Waals surface area contributed by atoms with E-state index in [4.69, 9.17) is 21.1 Å². The van der Waals surface area contributed by atoms with Gasteiger partial charge in [0, 0.05) is 21.8 Å². The molecule has 0 atom stereocenters. The molecule has 150 valence electrons. The molecular formula is C24H24ClNO3. The third-order valence-corrected chi connectivity index (χ3v) is 4.81. The second-order valence-corrected chi connectivity index (χ2v) is 7.19. The van der Waals surface area contributed by atoms with E-state index in [1.165, 1.54) is 5.56 Å². The van der Waals surface area contributed by atoms with Crippen molar-refractivity contribution in [2.75, 3.05) is 11.9 Å². The van der Waals surface area contributed by atoms with Crippen molar-refractivity contribution in [2.45, 2.75) is 27.4 Å². The van der Waals surface area contributed by atoms with Gasteiger partial charge in [0.15, 0.2) is 0 Å². The standard InChI is InChI=1S/C24H24ClNO3/c1-4-28-23-11-9-18(24(27)26-21-10-8-16(2)17(3)12-21)13-19(23)15-29-22-7-5-6-20(25)14-22/h5-14H,4,15H2,1-3H3,(H,26,27). The van der Waals surface area contributed by atoms with Crippen LogP contribution in [-0.4, -0.2) is 12.5 Å². The zero-order valence-corrected chi connectivity index (χ0v) is 17.5. The highest BCUT2D eigenvalue weighted by molar-refractivity contribution is 6.30. The van der Waals surface area contributed by atoms with Gasteiger partial charge >= 0.3 is 0 Å². The first kappa shape index (κ1) is 20.7. The Labute approximate surface area is 176 Å². The third-order valence-electron chi connectivity index (χ3n) is 4.58. The molecule has 0 saturated carbocycles. The van der Waals surface area contributed by atoms with Crippen molar-refractivity contribution in [3.8, 4) is 11.5 Å². The number of ether oxygens (including phenoxy) is 2. The first-order chi connectivity index (χ1) is 14.0. The van der Waals surface area contributed by atoms with Gasteiger partial charge in [0.1, 0.15) is 18.1 Å². The number of amides is 1. The molecule has 0 saturated heterocycles. The highest BCUT2D eigenvalue weighted by Crippen LogP contribution is 2.25. The maximum Gasteiger partial charge on any atom is 0.255 e. The second-order valence-electron chi connectivity index (χ2n) is 6.75. The molecule has 0 spiro atoms. The molecule has 3 rings (SSSR count). The van der Waals surface area contributed by atoms with E-state index in [1.54, 1.807) is 30.3 Å². The summed E-state index contributed by atoms with van der Waals surface area (Å²) in [6, 6.07) is 18.4. The van der Waals surface area contributed by atoms with Crippen LogP contribution in [-0.2, 0) is 6.61 Å². The lowest BCUT2D eigenvalue weighted by molar-refractivity contribution is 0.102. The number of rotatable bonds is 7. The van der Waals surface area contributed by atoms with E-state index in [-0.39, 0.29) is 12.5 Å². The largest absolute Gasteiger partial charge is 0.493 e. The molecular weight excluding hydrogens is 386 g/mol. The summed E-state index contributed by atoms with van der Waals surface area (Å²) in [5.74, 6) is 1.17. The molecule has 0 aliphatic carbocycles. The number of benzene rings is 3. The highest BCUT2D eigenvalue weighted by Gasteiger charge is 2.12. The van der Waals surface area contributed by atoms with Crippen LogP contribution in [0, 0.1) is 13.8 Å². The van der Waals surface area contributed by atoms with Crippen molar-refractivity contribution in [2.24, 2.45) is 0 Å². The average molecular weight is 410 g/mol. The van der Waals surface area contributed by atoms with E-state index in [0.717, 1.165) is 16.8 Å². The average Bonchev–Trinajstić information content (AvgIpc) is 2.70. The van der Waals surface area contributed by atoms with E-state index < -0.39 is 0 Å². The zero-order chi connectivity index (χ0) is 20.8. The van der Waals surface area contributed by atoms with Gasteiger partial charge in [-0.15, -0.1) is 0 Å². The van der Waals surface area contributed by atoms with Crippen molar-refractivity contribution in [3.63, 3.8) is 0 Å². The molecule has 0 aliphatic heterocycles. The quantitative estimate of drug-likeness (QED) is 0.506. The highest BCUT2D eigenvalue weighted by atomic mass is 35.5. The fourth-order valence-corrected chi connectivity index (χ4v) is 3.05. The maximum atomic E-state index is 12.7. The summed E-state index contributed by atoms with van der Waals surface area (Å²) in [4.78, 5) is 12.7. The van der Waals surface area contributed by atoms with Gasteiger partial charge in [0.05, 0.1) is 6.61 Å². The van der Waals surface area contributed by atoms with Crippen LogP contribution in [0.5, 0.6) is 11.5 Å². The van der Waals surface area contributed by atoms with E-state index in [2.05, 4.69) is 5.32 Å². The summed E-state index contributed by atoms with van der Waals surface area (Å²) in [5, 5.41) is 3.55. The maximum absolute atomic E-state index is 12.7. The topological polar surface area (TPSA) is 47.6 Å². The fourth-order valence-electron chi connectivity index (χ4n) is 2.87. The molecule has 0 bridgehead atoms. The minimum absolute atomic E-state index is 0.180. The van der Waals surface area contributed by atoms with Crippen LogP contribution in [0.15, 0.2) is 60.7 Å². The lowest BCUT2D eigenvalue weighted by Gasteiger charge is -2.14. The Morgan fingerprint density at radius 1 is 0.966 bits per heavy atom. The predicted molar refractivity (Wildman–Crippen MR) is 117 cm³/mol. The number of anilines is 1. The molecule has 0 heterocycles. The van der Waals surface area contributed by atoms with Crippen molar-refractivity contribution in [3.05, 3.63) is 87.9 Å². The van der Waals surface area contributed by atoms with Gasteiger partial charge in [-0.25, -0.2) is 0 Å². The predicted octanol–water partition coefficient (Wildman–Crippen LogP) is 6.19. The van der Waals surface area contributed by atoms with E-state index >= 15 is 0 Å². The van der Waals surface area contributed by atoms with Crippen LogP contribution in [0.2, 0.25) is 5.02 Å². The van der Waals surface area contributed by atoms with Gasteiger partial charge in [0.2, 0.25) is 0 Å². The van der Waals surface area contributed by atoms with Crippen molar-refractivity contribution < 1.29 is 14.3 Å². The van der Waals surface area contributed by atoms with Crippen LogP contribution in [0.4, 0.5) is 5.69 Å². The van der Waals surface area contributed by atoms with Crippen LogP contribution in [0.3, 0.4) is 0 Å². The molecule has 5 heteroatoms. The van der Waals surface area contributed by atoms with Gasteiger partial charge in [0.25, 0.3) is 5.91 Å². The minimum atomic E-state index is -0.180. The summed E-state index contributed by atoms with van der Waals surface area (Å²) >= 11 is 6.01. The summed E-state index contributed by atoms with van der Waals surface area (Å²) in [6.45, 7) is 6.77. The molecule has 1 amide bonds. The Kier molecular flexibility index (Phi) is 6.78. The monoisotopic (exact) mass is 409 g/mol. The molecule has 29 heavy (non-hydrogen) atoms. The summed E-state index contributed by atoms with van der Waals surface area (Å²) in [7, 11) is 0. The molecule has 0 aromatic heterocycles. The molecule has 0 aliphatic rings. The molecule has 4 nitrogen and oxygen atoms in total. The number of nitrogens with one attached hydrogen (secondary N) is 1. The van der Waals surface area contributed by atoms with Crippen molar-refractivity contribution in [1.29, 1.82) is 0 Å². The van der Waals surface area contributed by atoms with Crippen molar-refractivity contribution >= 4 is 23.2 Å². The van der Waals surface area contributed by atoms with Crippen LogP contribution in [0.25, 0.3) is 0 Å². The molecule has 0 fully saturated rings. The number of carbonyl (C=O) groups is 1. The van der Waals surface area contributed by atoms with E-state index in [9.17, 15) is 4.79 Å². The first-order valence-electron chi connectivity index (χ1n) is 9.49. The van der Waals surface area contributed by atoms with Gasteiger partial charge < -0.3 is 14.8 Å². The van der Waals surface area contributed by atoms with Crippen LogP contribution >= 0.6 is 11.6 Å². The Morgan fingerprint density at radius 2 is 1.79 bits per heavy atom. The van der Waals surface area contributed by atoms with Gasteiger partial charge in [-0.2, -0.15) is 0 Å². The molecule has 3 aromatic carbocycles. The Balaban J connectivity index is 1.79. The fraction of sp³-hybridized carbons (Fsp3) is 0.208. The van der Waals surface area contributed by atoms with Crippen molar-refractivity contribution in [1.82, 2.24) is 0 Å². The number of hydrogen-bond donors (Lipinski definition) is 1. The number of halogens is 1. The lowest BCUT2D eigenvalue weighted by Crippen LogP contribution is -2.13. The molecule has 3 aromatic rings. The van der Waals surface area contributed by atoms with E-state index in [0.29, 0.717) is 28.7 Å². The normalized spacial score (nSPS) is 10.5. The number of hydrogen-bond acceptors (Lipinski definition) is 3. The first-order valence-corrected chi connectivity index (χ1v) is 9.86. The lowest BCUT2D eigenvalue weighted by atomic mass is 10.1. The Morgan fingerprint density at radius 3 is 2.52 bits per heavy atom. The minimum Gasteiger partial charge on any atom is -0.493 e. The summed E-state index contributed by atoms with van der Waals surface area (Å²) in [5.41, 5.74) is 4.41. The smallest absolute Gasteiger partial charge is 0.255 e. The SMILES string of the molecule is CCOc1ccc(C(=O)Nc2ccc(C)c(C)c2)cc1COc1cccc(Cl)c1.